The lowest BCUT2D eigenvalue weighted by molar-refractivity contribution is -0.139. The number of aromatic nitrogens is 1. The van der Waals surface area contributed by atoms with Gasteiger partial charge in [0, 0.05) is 30.2 Å². The second-order valence-corrected chi connectivity index (χ2v) is 8.01. The minimum Gasteiger partial charge on any atom is -0.480 e. The molecule has 1 aromatic heterocycles. The molecule has 2 aliphatic carbocycles. The third-order valence-electron chi connectivity index (χ3n) is 5.75. The Bertz CT molecular complexity index is 961. The molecule has 7 heteroatoms. The van der Waals surface area contributed by atoms with E-state index in [4.69, 9.17) is 0 Å². The van der Waals surface area contributed by atoms with Crippen molar-refractivity contribution in [1.29, 1.82) is 5.26 Å². The molecular formula is C21H23FN4O2. The molecule has 146 valence electrons. The van der Waals surface area contributed by atoms with Crippen LogP contribution < -0.4 is 5.32 Å². The summed E-state index contributed by atoms with van der Waals surface area (Å²) in [6.45, 7) is 2.71. The van der Waals surface area contributed by atoms with Gasteiger partial charge in [-0.15, -0.1) is 0 Å². The zero-order valence-corrected chi connectivity index (χ0v) is 15.8. The number of nitrogens with zero attached hydrogens (tertiary/aromatic N) is 3. The number of benzene rings is 1. The van der Waals surface area contributed by atoms with E-state index < -0.39 is 5.97 Å². The molecule has 1 heterocycles. The minimum atomic E-state index is -0.796. The van der Waals surface area contributed by atoms with Crippen molar-refractivity contribution in [3.8, 4) is 6.07 Å². The third kappa shape index (κ3) is 3.78. The average Bonchev–Trinajstić information content (AvgIpc) is 3.40. The predicted octanol–water partition coefficient (Wildman–Crippen LogP) is 3.29. The van der Waals surface area contributed by atoms with E-state index in [1.165, 1.54) is 31.2 Å². The molecule has 0 unspecified atom stereocenters. The van der Waals surface area contributed by atoms with Crippen molar-refractivity contribution in [2.24, 2.45) is 5.92 Å². The van der Waals surface area contributed by atoms with Crippen LogP contribution in [0.5, 0.6) is 0 Å². The standard InChI is InChI=1S/C21H23FN4O2/c1-12-4-15(22)5-18-20(12)24-9-14(8-23)21(18)25-16-6-17(7-16)26(11-19(27)28)10-13-2-3-13/h4-5,9,13,16-17H,2-3,6-7,10-11H2,1H3,(H,24,25)(H,27,28). The van der Waals surface area contributed by atoms with Crippen molar-refractivity contribution in [2.75, 3.05) is 18.4 Å². The van der Waals surface area contributed by atoms with Gasteiger partial charge in [0.05, 0.1) is 23.3 Å². The highest BCUT2D eigenvalue weighted by Gasteiger charge is 2.37. The van der Waals surface area contributed by atoms with Crippen molar-refractivity contribution in [3.63, 3.8) is 0 Å². The number of hydrogen-bond donors (Lipinski definition) is 2. The summed E-state index contributed by atoms with van der Waals surface area (Å²) in [4.78, 5) is 17.6. The molecule has 6 nitrogen and oxygen atoms in total. The maximum atomic E-state index is 14.0. The summed E-state index contributed by atoms with van der Waals surface area (Å²) >= 11 is 0. The van der Waals surface area contributed by atoms with Crippen LogP contribution in [0, 0.1) is 30.0 Å². The number of carbonyl (C=O) groups is 1. The van der Waals surface area contributed by atoms with Gasteiger partial charge in [0.25, 0.3) is 0 Å². The number of carboxylic acids is 1. The van der Waals surface area contributed by atoms with Crippen molar-refractivity contribution in [2.45, 2.75) is 44.7 Å². The fourth-order valence-corrected chi connectivity index (χ4v) is 4.03. The monoisotopic (exact) mass is 382 g/mol. The molecule has 28 heavy (non-hydrogen) atoms. The maximum Gasteiger partial charge on any atom is 0.317 e. The topological polar surface area (TPSA) is 89.3 Å². The normalized spacial score (nSPS) is 21.4. The highest BCUT2D eigenvalue weighted by molar-refractivity contribution is 5.95. The van der Waals surface area contributed by atoms with Gasteiger partial charge in [-0.1, -0.05) is 0 Å². The van der Waals surface area contributed by atoms with Gasteiger partial charge in [-0.05, 0) is 56.2 Å². The molecule has 0 aliphatic heterocycles. The van der Waals surface area contributed by atoms with E-state index in [1.54, 1.807) is 6.92 Å². The second kappa shape index (κ2) is 7.36. The van der Waals surface area contributed by atoms with Gasteiger partial charge in [-0.2, -0.15) is 5.26 Å². The smallest absolute Gasteiger partial charge is 0.317 e. The van der Waals surface area contributed by atoms with Crippen molar-refractivity contribution >= 4 is 22.6 Å². The lowest BCUT2D eigenvalue weighted by atomic mass is 9.84. The minimum absolute atomic E-state index is 0.0694. The van der Waals surface area contributed by atoms with Gasteiger partial charge in [0.2, 0.25) is 0 Å². The number of aliphatic carboxylic acids is 1. The number of nitrogens with one attached hydrogen (secondary N) is 1. The fourth-order valence-electron chi connectivity index (χ4n) is 4.03. The van der Waals surface area contributed by atoms with E-state index in [-0.39, 0.29) is 24.4 Å². The average molecular weight is 382 g/mol. The summed E-state index contributed by atoms with van der Waals surface area (Å²) in [6.07, 6.45) is 5.51. The molecule has 2 N–H and O–H groups in total. The lowest BCUT2D eigenvalue weighted by Crippen LogP contribution is -2.52. The first-order valence-corrected chi connectivity index (χ1v) is 9.66. The quantitative estimate of drug-likeness (QED) is 0.764. The second-order valence-electron chi connectivity index (χ2n) is 8.01. The van der Waals surface area contributed by atoms with Gasteiger partial charge < -0.3 is 10.4 Å². The lowest BCUT2D eigenvalue weighted by Gasteiger charge is -2.43. The number of anilines is 1. The molecule has 2 fully saturated rings. The number of fused-ring (bicyclic) bond motifs is 1. The number of halogens is 1. The molecule has 0 spiro atoms. The molecule has 2 aliphatic rings. The summed E-state index contributed by atoms with van der Waals surface area (Å²) < 4.78 is 14.0. The first kappa shape index (κ1) is 18.6. The Labute approximate surface area is 163 Å². The van der Waals surface area contributed by atoms with Gasteiger partial charge >= 0.3 is 5.97 Å². The summed E-state index contributed by atoms with van der Waals surface area (Å²) in [5.41, 5.74) is 2.41. The highest BCUT2D eigenvalue weighted by Crippen LogP contribution is 2.36. The van der Waals surface area contributed by atoms with Gasteiger partial charge in [-0.3, -0.25) is 14.7 Å². The zero-order valence-electron chi connectivity index (χ0n) is 15.8. The number of pyridine rings is 1. The third-order valence-corrected chi connectivity index (χ3v) is 5.75. The first-order chi connectivity index (χ1) is 13.4. The van der Waals surface area contributed by atoms with E-state index in [1.807, 2.05) is 0 Å². The van der Waals surface area contributed by atoms with Crippen molar-refractivity contribution in [3.05, 3.63) is 35.3 Å². The van der Waals surface area contributed by atoms with E-state index in [9.17, 15) is 19.6 Å². The number of rotatable bonds is 7. The molecule has 2 aromatic rings. The van der Waals surface area contributed by atoms with Crippen LogP contribution in [0.15, 0.2) is 18.3 Å². The SMILES string of the molecule is Cc1cc(F)cc2c(NC3CC(N(CC(=O)O)CC4CC4)C3)c(C#N)cnc12. The van der Waals surface area contributed by atoms with Crippen LogP contribution >= 0.6 is 0 Å². The predicted molar refractivity (Wildman–Crippen MR) is 104 cm³/mol. The van der Waals surface area contributed by atoms with E-state index >= 15 is 0 Å². The molecule has 2 saturated carbocycles. The van der Waals surface area contributed by atoms with Gasteiger partial charge in [0.1, 0.15) is 11.9 Å². The molecule has 0 amide bonds. The van der Waals surface area contributed by atoms with Crippen molar-refractivity contribution < 1.29 is 14.3 Å². The van der Waals surface area contributed by atoms with Crippen LogP contribution in [0.2, 0.25) is 0 Å². The summed E-state index contributed by atoms with van der Waals surface area (Å²) in [5, 5.41) is 22.7. The van der Waals surface area contributed by atoms with Crippen LogP contribution in [-0.2, 0) is 4.79 Å². The zero-order chi connectivity index (χ0) is 19.8. The Balaban J connectivity index is 1.51. The van der Waals surface area contributed by atoms with E-state index in [0.717, 1.165) is 24.9 Å². The Morgan fingerprint density at radius 3 is 2.82 bits per heavy atom. The molecule has 1 aromatic carbocycles. The molecule has 4 rings (SSSR count). The van der Waals surface area contributed by atoms with Gasteiger partial charge in [-0.25, -0.2) is 4.39 Å². The highest BCUT2D eigenvalue weighted by atomic mass is 19.1. The molecule has 0 atom stereocenters. The molecule has 0 bridgehead atoms. The van der Waals surface area contributed by atoms with E-state index in [2.05, 4.69) is 21.3 Å². The number of carboxylic acid groups (broad SMARTS) is 1. The summed E-state index contributed by atoms with van der Waals surface area (Å²) in [5.74, 6) is -0.518. The number of hydrogen-bond acceptors (Lipinski definition) is 5. The largest absolute Gasteiger partial charge is 0.480 e. The molecule has 0 radical (unpaired) electrons. The Morgan fingerprint density at radius 2 is 2.18 bits per heavy atom. The Kier molecular flexibility index (Phi) is 4.90. The van der Waals surface area contributed by atoms with Crippen LogP contribution in [0.1, 0.15) is 36.8 Å². The number of nitriles is 1. The summed E-state index contributed by atoms with van der Waals surface area (Å²) in [7, 11) is 0. The van der Waals surface area contributed by atoms with Crippen LogP contribution in [0.3, 0.4) is 0 Å². The fraction of sp³-hybridized carbons (Fsp3) is 0.476. The Hall–Kier alpha value is -2.72. The van der Waals surface area contributed by atoms with E-state index in [0.29, 0.717) is 28.1 Å². The maximum absolute atomic E-state index is 14.0. The Morgan fingerprint density at radius 1 is 1.43 bits per heavy atom. The van der Waals surface area contributed by atoms with Crippen LogP contribution in [0.25, 0.3) is 10.9 Å². The molecule has 0 saturated heterocycles. The number of aryl methyl sites for hydroxylation is 1. The summed E-state index contributed by atoms with van der Waals surface area (Å²) in [6, 6.07) is 5.35. The van der Waals surface area contributed by atoms with Crippen molar-refractivity contribution in [1.82, 2.24) is 9.88 Å². The van der Waals surface area contributed by atoms with Gasteiger partial charge in [0.15, 0.2) is 0 Å². The van der Waals surface area contributed by atoms with Crippen LogP contribution in [-0.4, -0.2) is 46.1 Å². The first-order valence-electron chi connectivity index (χ1n) is 9.66. The molecular weight excluding hydrogens is 359 g/mol. The van der Waals surface area contributed by atoms with Crippen LogP contribution in [0.4, 0.5) is 10.1 Å².